The number of hydrogen-bond acceptors (Lipinski definition) is 6. The molecule has 1 fully saturated rings. The van der Waals surface area contributed by atoms with E-state index >= 15 is 4.39 Å². The van der Waals surface area contributed by atoms with E-state index in [1.807, 2.05) is 26.8 Å². The monoisotopic (exact) mass is 503 g/mol. The third-order valence-corrected chi connectivity index (χ3v) is 11.0. The third kappa shape index (κ3) is 7.01. The van der Waals surface area contributed by atoms with Gasteiger partial charge < -0.3 is 18.8 Å². The lowest BCUT2D eigenvalue weighted by molar-refractivity contribution is 0.0274. The standard InChI is InChI=1S/C26H38FN3O4Si/c1-25(2,3)34-24(31)30-13-12-20(16-30)33-23-28-14-19(15-29-23)21-11-9-10-18(22(21)27)17-32-35(7,8)26(4,5)6/h9-11,14-15,20H,12-13,16-17H2,1-8H3. The Labute approximate surface area is 209 Å². The molecule has 1 amide bonds. The van der Waals surface area contributed by atoms with Crippen molar-refractivity contribution in [3.8, 4) is 17.1 Å². The summed E-state index contributed by atoms with van der Waals surface area (Å²) in [5.41, 5.74) is 0.954. The molecule has 0 spiro atoms. The molecule has 9 heteroatoms. The van der Waals surface area contributed by atoms with E-state index in [-0.39, 0.29) is 35.7 Å². The van der Waals surface area contributed by atoms with Gasteiger partial charge in [-0.15, -0.1) is 0 Å². The van der Waals surface area contributed by atoms with Crippen LogP contribution in [0.1, 0.15) is 53.5 Å². The van der Waals surface area contributed by atoms with Gasteiger partial charge in [-0.2, -0.15) is 0 Å². The van der Waals surface area contributed by atoms with E-state index < -0.39 is 13.9 Å². The first-order valence-corrected chi connectivity index (χ1v) is 15.0. The second kappa shape index (κ2) is 10.2. The van der Waals surface area contributed by atoms with Gasteiger partial charge in [-0.3, -0.25) is 0 Å². The fraction of sp³-hybridized carbons (Fsp3) is 0.577. The summed E-state index contributed by atoms with van der Waals surface area (Å²) in [5.74, 6) is -0.327. The smallest absolute Gasteiger partial charge is 0.410 e. The minimum atomic E-state index is -2.00. The van der Waals surface area contributed by atoms with Crippen molar-refractivity contribution in [1.29, 1.82) is 0 Å². The quantitative estimate of drug-likeness (QED) is 0.438. The number of hydrogen-bond donors (Lipinski definition) is 0. The van der Waals surface area contributed by atoms with Gasteiger partial charge in [0, 0.05) is 42.0 Å². The maximum atomic E-state index is 15.3. The number of nitrogens with zero attached hydrogens (tertiary/aromatic N) is 3. The van der Waals surface area contributed by atoms with Crippen molar-refractivity contribution < 1.29 is 23.1 Å². The molecule has 0 bridgehead atoms. The first-order valence-electron chi connectivity index (χ1n) is 12.0. The molecule has 3 rings (SSSR count). The molecule has 7 nitrogen and oxygen atoms in total. The Morgan fingerprint density at radius 1 is 1.14 bits per heavy atom. The summed E-state index contributed by atoms with van der Waals surface area (Å²) < 4.78 is 32.8. The lowest BCUT2D eigenvalue weighted by atomic mass is 10.1. The van der Waals surface area contributed by atoms with Crippen LogP contribution in [-0.2, 0) is 15.8 Å². The fourth-order valence-electron chi connectivity index (χ4n) is 3.37. The van der Waals surface area contributed by atoms with E-state index in [0.29, 0.717) is 36.2 Å². The van der Waals surface area contributed by atoms with Crippen molar-refractivity contribution in [3.63, 3.8) is 0 Å². The molecule has 192 valence electrons. The minimum absolute atomic E-state index is 0.0496. The second-order valence-electron chi connectivity index (χ2n) is 11.5. The van der Waals surface area contributed by atoms with Gasteiger partial charge in [-0.05, 0) is 38.9 Å². The summed E-state index contributed by atoms with van der Waals surface area (Å²) in [5, 5.41) is 0.0496. The van der Waals surface area contributed by atoms with E-state index in [9.17, 15) is 4.79 Å². The molecule has 1 aliphatic heterocycles. The molecule has 0 radical (unpaired) electrons. The average molecular weight is 504 g/mol. The van der Waals surface area contributed by atoms with Gasteiger partial charge in [0.25, 0.3) is 0 Å². The van der Waals surface area contributed by atoms with Crippen molar-refractivity contribution in [2.75, 3.05) is 13.1 Å². The lowest BCUT2D eigenvalue weighted by Crippen LogP contribution is -2.40. The molecule has 35 heavy (non-hydrogen) atoms. The zero-order valence-electron chi connectivity index (χ0n) is 22.1. The highest BCUT2D eigenvalue weighted by Gasteiger charge is 2.37. The summed E-state index contributed by atoms with van der Waals surface area (Å²) in [6, 6.07) is 5.47. The van der Waals surface area contributed by atoms with Crippen molar-refractivity contribution >= 4 is 14.4 Å². The zero-order valence-corrected chi connectivity index (χ0v) is 23.1. The molecule has 1 unspecified atom stereocenters. The van der Waals surface area contributed by atoms with Crippen LogP contribution in [0.5, 0.6) is 6.01 Å². The molecular weight excluding hydrogens is 465 g/mol. The van der Waals surface area contributed by atoms with Gasteiger partial charge in [-0.1, -0.05) is 39.0 Å². The van der Waals surface area contributed by atoms with Gasteiger partial charge >= 0.3 is 12.1 Å². The molecule has 1 atom stereocenters. The molecule has 1 saturated heterocycles. The molecule has 1 aromatic carbocycles. The maximum absolute atomic E-state index is 15.3. The van der Waals surface area contributed by atoms with Crippen LogP contribution in [0.3, 0.4) is 0 Å². The van der Waals surface area contributed by atoms with E-state index in [1.54, 1.807) is 29.4 Å². The molecule has 1 aromatic heterocycles. The van der Waals surface area contributed by atoms with Crippen LogP contribution in [-0.4, -0.2) is 54.1 Å². The maximum Gasteiger partial charge on any atom is 0.410 e. The van der Waals surface area contributed by atoms with Crippen molar-refractivity contribution in [2.24, 2.45) is 0 Å². The lowest BCUT2D eigenvalue weighted by Gasteiger charge is -2.36. The topological polar surface area (TPSA) is 73.8 Å². The summed E-state index contributed by atoms with van der Waals surface area (Å²) in [7, 11) is -2.00. The Morgan fingerprint density at radius 2 is 1.80 bits per heavy atom. The van der Waals surface area contributed by atoms with Crippen LogP contribution in [0, 0.1) is 5.82 Å². The average Bonchev–Trinajstić information content (AvgIpc) is 3.20. The van der Waals surface area contributed by atoms with Crippen molar-refractivity contribution in [3.05, 3.63) is 42.0 Å². The van der Waals surface area contributed by atoms with Crippen molar-refractivity contribution in [2.45, 2.75) is 84.4 Å². The number of halogens is 1. The highest BCUT2D eigenvalue weighted by Crippen LogP contribution is 2.37. The van der Waals surface area contributed by atoms with Gasteiger partial charge in [0.15, 0.2) is 8.32 Å². The molecule has 2 aromatic rings. The molecule has 0 aliphatic carbocycles. The first-order chi connectivity index (χ1) is 16.2. The largest absolute Gasteiger partial charge is 0.458 e. The summed E-state index contributed by atoms with van der Waals surface area (Å²) in [6.07, 6.45) is 3.20. The molecule has 0 saturated carbocycles. The summed E-state index contributed by atoms with van der Waals surface area (Å²) in [4.78, 5) is 22.4. The van der Waals surface area contributed by atoms with Crippen LogP contribution >= 0.6 is 0 Å². The Balaban J connectivity index is 1.63. The normalized spacial score (nSPS) is 16.9. The second-order valence-corrected chi connectivity index (χ2v) is 16.3. The molecule has 0 N–H and O–H groups in total. The Morgan fingerprint density at radius 3 is 2.40 bits per heavy atom. The third-order valence-electron chi connectivity index (χ3n) is 6.48. The van der Waals surface area contributed by atoms with E-state index in [2.05, 4.69) is 43.8 Å². The van der Waals surface area contributed by atoms with Crippen LogP contribution in [0.4, 0.5) is 9.18 Å². The zero-order chi connectivity index (χ0) is 26.0. The predicted molar refractivity (Wildman–Crippen MR) is 136 cm³/mol. The summed E-state index contributed by atoms with van der Waals surface area (Å²) >= 11 is 0. The van der Waals surface area contributed by atoms with Gasteiger partial charge in [-0.25, -0.2) is 19.2 Å². The first kappa shape index (κ1) is 27.1. The van der Waals surface area contributed by atoms with Gasteiger partial charge in [0.2, 0.25) is 0 Å². The van der Waals surface area contributed by atoms with E-state index in [0.717, 1.165) is 0 Å². The van der Waals surface area contributed by atoms with Crippen molar-refractivity contribution in [1.82, 2.24) is 14.9 Å². The number of ether oxygens (including phenoxy) is 2. The molecule has 2 heterocycles. The number of rotatable bonds is 6. The van der Waals surface area contributed by atoms with E-state index in [1.165, 1.54) is 0 Å². The molecule has 1 aliphatic rings. The Hall–Kier alpha value is -2.52. The van der Waals surface area contributed by atoms with Gasteiger partial charge in [0.05, 0.1) is 13.2 Å². The van der Waals surface area contributed by atoms with Crippen LogP contribution < -0.4 is 4.74 Å². The van der Waals surface area contributed by atoms with Gasteiger partial charge in [0.1, 0.15) is 17.5 Å². The minimum Gasteiger partial charge on any atom is -0.458 e. The van der Waals surface area contributed by atoms with E-state index in [4.69, 9.17) is 13.9 Å². The number of benzene rings is 1. The number of aromatic nitrogens is 2. The highest BCUT2D eigenvalue weighted by molar-refractivity contribution is 6.74. The van der Waals surface area contributed by atoms with Crippen LogP contribution in [0.15, 0.2) is 30.6 Å². The van der Waals surface area contributed by atoms with Crippen LogP contribution in [0.2, 0.25) is 18.1 Å². The number of carbonyl (C=O) groups is 1. The number of carbonyl (C=O) groups excluding carboxylic acids is 1. The predicted octanol–water partition coefficient (Wildman–Crippen LogP) is 6.19. The summed E-state index contributed by atoms with van der Waals surface area (Å²) in [6.45, 7) is 17.5. The Kier molecular flexibility index (Phi) is 7.91. The fourth-order valence-corrected chi connectivity index (χ4v) is 4.32. The number of likely N-dealkylation sites (tertiary alicyclic amines) is 1. The highest BCUT2D eigenvalue weighted by atomic mass is 28.4. The number of amides is 1. The Bertz CT molecular complexity index is 1030. The SMILES string of the molecule is CC(C)(C)OC(=O)N1CCC(Oc2ncc(-c3cccc(CO[Si](C)(C)C(C)(C)C)c3F)cn2)C1. The van der Waals surface area contributed by atoms with Crippen LogP contribution in [0.25, 0.3) is 11.1 Å². The molecular formula is C26H38FN3O4Si.